The van der Waals surface area contributed by atoms with E-state index < -0.39 is 17.4 Å². The average Bonchev–Trinajstić information content (AvgIpc) is 2.68. The fourth-order valence-electron chi connectivity index (χ4n) is 2.35. The van der Waals surface area contributed by atoms with E-state index in [0.29, 0.717) is 11.4 Å². The maximum Gasteiger partial charge on any atom is 0.181 e. The number of nitrogens with zero attached hydrogens (tertiary/aromatic N) is 2. The van der Waals surface area contributed by atoms with Gasteiger partial charge in [-0.05, 0) is 32.0 Å². The van der Waals surface area contributed by atoms with Crippen molar-refractivity contribution in [1.29, 1.82) is 5.26 Å². The van der Waals surface area contributed by atoms with Gasteiger partial charge in [-0.2, -0.15) is 5.26 Å². The molecule has 6 heteroatoms. The predicted octanol–water partition coefficient (Wildman–Crippen LogP) is 2.39. The van der Waals surface area contributed by atoms with Gasteiger partial charge in [0.05, 0.1) is 23.4 Å². The third-order valence-corrected chi connectivity index (χ3v) is 3.37. The number of nitriles is 1. The monoisotopic (exact) mass is 289 g/mol. The van der Waals surface area contributed by atoms with Crippen LogP contribution in [0.25, 0.3) is 5.69 Å². The van der Waals surface area contributed by atoms with Crippen molar-refractivity contribution in [3.05, 3.63) is 52.3 Å². The molecule has 108 valence electrons. The number of nitrogens with two attached hydrogens (primary N) is 1. The van der Waals surface area contributed by atoms with Crippen LogP contribution >= 0.6 is 0 Å². The summed E-state index contributed by atoms with van der Waals surface area (Å²) < 4.78 is 29.4. The Balaban J connectivity index is 2.68. The summed E-state index contributed by atoms with van der Waals surface area (Å²) in [7, 11) is 0. The van der Waals surface area contributed by atoms with E-state index in [1.54, 1.807) is 13.0 Å². The zero-order chi connectivity index (χ0) is 15.7. The van der Waals surface area contributed by atoms with Gasteiger partial charge in [-0.3, -0.25) is 4.79 Å². The second kappa shape index (κ2) is 5.46. The van der Waals surface area contributed by atoms with Crippen LogP contribution < -0.4 is 5.73 Å². The number of halogens is 2. The molecule has 0 aliphatic carbocycles. The van der Waals surface area contributed by atoms with Crippen molar-refractivity contribution < 1.29 is 13.6 Å². The Morgan fingerprint density at radius 1 is 1.33 bits per heavy atom. The highest BCUT2D eigenvalue weighted by Gasteiger charge is 2.23. The van der Waals surface area contributed by atoms with E-state index in [-0.39, 0.29) is 23.4 Å². The normalized spacial score (nSPS) is 10.5. The average molecular weight is 289 g/mol. The first-order valence-corrected chi connectivity index (χ1v) is 6.23. The first-order chi connectivity index (χ1) is 9.92. The summed E-state index contributed by atoms with van der Waals surface area (Å²) in [4.78, 5) is 11.7. The number of benzene rings is 1. The Labute approximate surface area is 120 Å². The standard InChI is InChI=1S/C15H13F2N3O/c1-8-14(13(21)7-19)15(17)9(2)20(8)11-4-3-10(6-18)12(16)5-11/h3-5H,7,19H2,1-2H3. The second-order valence-electron chi connectivity index (χ2n) is 4.60. The van der Waals surface area contributed by atoms with Crippen LogP contribution in [0, 0.1) is 36.8 Å². The molecule has 21 heavy (non-hydrogen) atoms. The lowest BCUT2D eigenvalue weighted by atomic mass is 10.1. The van der Waals surface area contributed by atoms with Gasteiger partial charge >= 0.3 is 0 Å². The zero-order valence-electron chi connectivity index (χ0n) is 11.6. The third-order valence-electron chi connectivity index (χ3n) is 3.37. The molecule has 1 aromatic heterocycles. The molecule has 1 heterocycles. The van der Waals surface area contributed by atoms with Crippen LogP contribution in [0.3, 0.4) is 0 Å². The summed E-state index contributed by atoms with van der Waals surface area (Å²) in [6.45, 7) is 2.75. The van der Waals surface area contributed by atoms with E-state index in [0.717, 1.165) is 6.07 Å². The summed E-state index contributed by atoms with van der Waals surface area (Å²) in [5.74, 6) is -1.87. The van der Waals surface area contributed by atoms with Gasteiger partial charge in [0.1, 0.15) is 11.9 Å². The maximum atomic E-state index is 14.2. The smallest absolute Gasteiger partial charge is 0.181 e. The van der Waals surface area contributed by atoms with Gasteiger partial charge in [0, 0.05) is 11.4 Å². The molecule has 2 aromatic rings. The molecule has 0 aliphatic heterocycles. The van der Waals surface area contributed by atoms with E-state index >= 15 is 0 Å². The van der Waals surface area contributed by atoms with E-state index in [4.69, 9.17) is 11.0 Å². The number of aromatic nitrogens is 1. The minimum Gasteiger partial charge on any atom is -0.324 e. The molecule has 4 nitrogen and oxygen atoms in total. The Kier molecular flexibility index (Phi) is 3.87. The molecule has 0 saturated carbocycles. The van der Waals surface area contributed by atoms with Gasteiger partial charge in [-0.1, -0.05) is 0 Å². The highest BCUT2D eigenvalue weighted by molar-refractivity contribution is 5.99. The fourth-order valence-corrected chi connectivity index (χ4v) is 2.35. The molecule has 0 radical (unpaired) electrons. The first-order valence-electron chi connectivity index (χ1n) is 6.23. The Hall–Kier alpha value is -2.52. The zero-order valence-corrected chi connectivity index (χ0v) is 11.6. The van der Waals surface area contributed by atoms with Crippen LogP contribution in [0.5, 0.6) is 0 Å². The maximum absolute atomic E-state index is 14.2. The molecule has 0 bridgehead atoms. The number of hydrogen-bond donors (Lipinski definition) is 1. The Morgan fingerprint density at radius 3 is 2.52 bits per heavy atom. The van der Waals surface area contributed by atoms with E-state index in [1.807, 2.05) is 0 Å². The summed E-state index contributed by atoms with van der Waals surface area (Å²) >= 11 is 0. The number of ketones is 1. The molecule has 0 amide bonds. The van der Waals surface area contributed by atoms with E-state index in [9.17, 15) is 13.6 Å². The quantitative estimate of drug-likeness (QED) is 0.882. The van der Waals surface area contributed by atoms with Gasteiger partial charge in [0.15, 0.2) is 11.6 Å². The minimum atomic E-state index is -0.699. The van der Waals surface area contributed by atoms with Crippen molar-refractivity contribution in [2.24, 2.45) is 5.73 Å². The van der Waals surface area contributed by atoms with Crippen molar-refractivity contribution >= 4 is 5.78 Å². The summed E-state index contributed by atoms with van der Waals surface area (Å²) in [5, 5.41) is 8.73. The van der Waals surface area contributed by atoms with Gasteiger partial charge in [0.25, 0.3) is 0 Å². The minimum absolute atomic E-state index is 0.0835. The number of rotatable bonds is 3. The molecule has 2 N–H and O–H groups in total. The first kappa shape index (κ1) is 14.9. The second-order valence-corrected chi connectivity index (χ2v) is 4.60. The fraction of sp³-hybridized carbons (Fsp3) is 0.200. The van der Waals surface area contributed by atoms with Gasteiger partial charge in [-0.15, -0.1) is 0 Å². The molecule has 0 spiro atoms. The van der Waals surface area contributed by atoms with Crippen LogP contribution in [-0.2, 0) is 0 Å². The Morgan fingerprint density at radius 2 is 2.00 bits per heavy atom. The van der Waals surface area contributed by atoms with Crippen LogP contribution in [-0.4, -0.2) is 16.9 Å². The molecular weight excluding hydrogens is 276 g/mol. The lowest BCUT2D eigenvalue weighted by Crippen LogP contribution is -2.15. The third kappa shape index (κ3) is 2.32. The largest absolute Gasteiger partial charge is 0.324 e. The van der Waals surface area contributed by atoms with Crippen molar-refractivity contribution in [3.8, 4) is 11.8 Å². The van der Waals surface area contributed by atoms with Crippen LogP contribution in [0.4, 0.5) is 8.78 Å². The van der Waals surface area contributed by atoms with Crippen LogP contribution in [0.2, 0.25) is 0 Å². The number of carbonyl (C=O) groups is 1. The van der Waals surface area contributed by atoms with Gasteiger partial charge < -0.3 is 10.3 Å². The Bertz CT molecular complexity index is 772. The van der Waals surface area contributed by atoms with Crippen LogP contribution in [0.1, 0.15) is 27.3 Å². The van der Waals surface area contributed by atoms with Crippen molar-refractivity contribution in [1.82, 2.24) is 4.57 Å². The van der Waals surface area contributed by atoms with E-state index in [2.05, 4.69) is 0 Å². The lowest BCUT2D eigenvalue weighted by molar-refractivity contribution is 0.0997. The molecule has 0 unspecified atom stereocenters. The molecule has 0 atom stereocenters. The van der Waals surface area contributed by atoms with Gasteiger partial charge in [-0.25, -0.2) is 8.78 Å². The van der Waals surface area contributed by atoms with Crippen LogP contribution in [0.15, 0.2) is 18.2 Å². The summed E-state index contributed by atoms with van der Waals surface area (Å²) in [5.41, 5.74) is 5.98. The molecule has 0 fully saturated rings. The number of hydrogen-bond acceptors (Lipinski definition) is 3. The highest BCUT2D eigenvalue weighted by Crippen LogP contribution is 2.26. The summed E-state index contributed by atoms with van der Waals surface area (Å²) in [6, 6.07) is 5.66. The van der Waals surface area contributed by atoms with Crippen molar-refractivity contribution in [2.75, 3.05) is 6.54 Å². The van der Waals surface area contributed by atoms with E-state index in [1.165, 1.54) is 23.6 Å². The molecule has 0 aliphatic rings. The highest BCUT2D eigenvalue weighted by atomic mass is 19.1. The van der Waals surface area contributed by atoms with Crippen molar-refractivity contribution in [2.45, 2.75) is 13.8 Å². The molecular formula is C15H13F2N3O. The predicted molar refractivity (Wildman–Crippen MR) is 73.3 cm³/mol. The summed E-state index contributed by atoms with van der Waals surface area (Å²) in [6.07, 6.45) is 0. The number of Topliss-reactive ketones (excluding diaryl/α,β-unsaturated/α-hetero) is 1. The lowest BCUT2D eigenvalue weighted by Gasteiger charge is -2.10. The topological polar surface area (TPSA) is 71.8 Å². The van der Waals surface area contributed by atoms with Gasteiger partial charge in [0.2, 0.25) is 0 Å². The number of carbonyl (C=O) groups excluding carboxylic acids is 1. The SMILES string of the molecule is Cc1c(F)c(C(=O)CN)c(C)n1-c1ccc(C#N)c(F)c1. The van der Waals surface area contributed by atoms with Crippen molar-refractivity contribution in [3.63, 3.8) is 0 Å². The molecule has 0 saturated heterocycles. The molecule has 1 aromatic carbocycles. The molecule has 2 rings (SSSR count).